The first-order chi connectivity index (χ1) is 37.7. The summed E-state index contributed by atoms with van der Waals surface area (Å²) in [5.41, 5.74) is 16.8. The second kappa shape index (κ2) is 19.6. The van der Waals surface area contributed by atoms with Gasteiger partial charge >= 0.3 is 5.79 Å². The summed E-state index contributed by atoms with van der Waals surface area (Å²) in [6.07, 6.45) is 0. The minimum absolute atomic E-state index is 0.840. The number of benzene rings is 8. The van der Waals surface area contributed by atoms with Crippen LogP contribution in [0.25, 0.3) is 5.70 Å². The van der Waals surface area contributed by atoms with Crippen LogP contribution in [-0.2, 0) is 0 Å². The van der Waals surface area contributed by atoms with Gasteiger partial charge in [-0.2, -0.15) is 13.7 Å². The van der Waals surface area contributed by atoms with Crippen LogP contribution in [0.5, 0.6) is 23.0 Å². The Morgan fingerprint density at radius 3 is 0.935 bits per heavy atom. The monoisotopic (exact) mass is 1010 g/mol. The fourth-order valence-electron chi connectivity index (χ4n) is 11.0. The average molecular weight is 1010 g/mol. The second-order valence-electron chi connectivity index (χ2n) is 19.4. The predicted octanol–water partition coefficient (Wildman–Crippen LogP) is 11.6. The number of hydrogen-bond donors (Lipinski definition) is 0. The first-order valence-corrected chi connectivity index (χ1v) is 25.6. The Morgan fingerprint density at radius 1 is 0.312 bits per heavy atom. The Labute approximate surface area is 448 Å². The lowest BCUT2D eigenvalue weighted by Crippen LogP contribution is -2.71. The number of nitrogens with zero attached hydrogens (tertiary/aromatic N) is 7. The first-order valence-electron chi connectivity index (χ1n) is 25.6. The summed E-state index contributed by atoms with van der Waals surface area (Å²) < 4.78 is 27.1. The van der Waals surface area contributed by atoms with Crippen molar-refractivity contribution in [2.24, 2.45) is 20.0 Å². The van der Waals surface area contributed by atoms with Crippen LogP contribution in [0, 0.1) is 27.7 Å². The summed E-state index contributed by atoms with van der Waals surface area (Å²) in [5.74, 6) is 8.38. The van der Waals surface area contributed by atoms with Gasteiger partial charge in [0.25, 0.3) is 35.0 Å². The summed E-state index contributed by atoms with van der Waals surface area (Å²) >= 11 is 0. The quantitative estimate of drug-likeness (QED) is 0.164. The molecule has 376 valence electrons. The molecule has 8 aliphatic rings. The van der Waals surface area contributed by atoms with Crippen LogP contribution in [0.1, 0.15) is 66.8 Å². The van der Waals surface area contributed by atoms with E-state index in [-0.39, 0.29) is 0 Å². The molecule has 11 heteroatoms. The number of hydrogen-bond acceptors (Lipinski definition) is 8. The molecular weight excluding hydrogens is 955 g/mol. The van der Waals surface area contributed by atoms with Crippen molar-refractivity contribution in [1.29, 1.82) is 0 Å². The predicted molar refractivity (Wildman–Crippen MR) is 306 cm³/mol. The molecule has 11 nitrogen and oxygen atoms in total. The van der Waals surface area contributed by atoms with E-state index < -0.39 is 5.79 Å². The number of aryl methyl sites for hydroxylation is 4. The highest BCUT2D eigenvalue weighted by molar-refractivity contribution is 6.35. The lowest BCUT2D eigenvalue weighted by atomic mass is 9.95. The molecule has 0 radical (unpaired) electrons. The maximum Gasteiger partial charge on any atom is 0.384 e. The highest BCUT2D eigenvalue weighted by atomic mass is 16.5. The zero-order chi connectivity index (χ0) is 53.0. The molecule has 1 unspecified atom stereocenters. The van der Waals surface area contributed by atoms with Crippen LogP contribution in [0.2, 0.25) is 0 Å². The minimum Gasteiger partial charge on any atom is -0.497 e. The molecule has 1 aliphatic carbocycles. The van der Waals surface area contributed by atoms with E-state index in [2.05, 4.69) is 111 Å². The molecule has 0 saturated heterocycles. The lowest BCUT2D eigenvalue weighted by Gasteiger charge is -2.40. The molecule has 8 aromatic rings. The van der Waals surface area contributed by atoms with Gasteiger partial charge in [-0.15, -0.1) is 9.98 Å². The average Bonchev–Trinajstić information content (AvgIpc) is 3.28. The third-order valence-corrected chi connectivity index (χ3v) is 14.4. The largest absolute Gasteiger partial charge is 0.497 e. The fourth-order valence-corrected chi connectivity index (χ4v) is 11.0. The van der Waals surface area contributed by atoms with Crippen molar-refractivity contribution in [3.63, 3.8) is 0 Å². The van der Waals surface area contributed by atoms with E-state index in [1.165, 1.54) is 22.3 Å². The molecule has 7 heterocycles. The van der Waals surface area contributed by atoms with E-state index in [0.29, 0.717) is 0 Å². The van der Waals surface area contributed by atoms with Gasteiger partial charge in [0.2, 0.25) is 0 Å². The van der Waals surface area contributed by atoms with Crippen LogP contribution < -0.4 is 18.9 Å². The van der Waals surface area contributed by atoms with E-state index in [0.717, 1.165) is 120 Å². The first kappa shape index (κ1) is 48.3. The molecule has 0 bridgehead atoms. The number of rotatable bonds is 4. The van der Waals surface area contributed by atoms with E-state index >= 15 is 0 Å². The summed E-state index contributed by atoms with van der Waals surface area (Å²) in [6, 6.07) is 66.0. The lowest BCUT2D eigenvalue weighted by molar-refractivity contribution is -0.903. The fraction of sp³-hybridized carbons (Fsp3) is 0.136. The van der Waals surface area contributed by atoms with Gasteiger partial charge in [0, 0.05) is 11.1 Å². The van der Waals surface area contributed by atoms with Gasteiger partial charge in [0.1, 0.15) is 23.0 Å². The molecule has 16 rings (SSSR count). The number of ether oxygens (including phenoxy) is 4. The van der Waals surface area contributed by atoms with Crippen LogP contribution >= 0.6 is 0 Å². The smallest absolute Gasteiger partial charge is 0.384 e. The normalized spacial score (nSPS) is 16.7. The Hall–Kier alpha value is -9.61. The molecule has 7 aliphatic heterocycles. The Kier molecular flexibility index (Phi) is 12.3. The number of amidine groups is 6. The van der Waals surface area contributed by atoms with Crippen molar-refractivity contribution in [2.75, 3.05) is 28.4 Å². The van der Waals surface area contributed by atoms with Gasteiger partial charge in [-0.3, -0.25) is 0 Å². The van der Waals surface area contributed by atoms with Crippen molar-refractivity contribution in [1.82, 2.24) is 0 Å². The maximum absolute atomic E-state index is 5.45. The molecule has 0 N–H and O–H groups in total. The van der Waals surface area contributed by atoms with E-state index in [9.17, 15) is 0 Å². The zero-order valence-electron chi connectivity index (χ0n) is 44.2. The van der Waals surface area contributed by atoms with Gasteiger partial charge in [-0.25, -0.2) is 0 Å². The van der Waals surface area contributed by atoms with Crippen molar-refractivity contribution in [3.05, 3.63) is 266 Å². The standard InChI is InChI=1S/C34H16N7.4C8H10O/c1-2-10-18-17(9-1)26-25-27(18)36-29-20-12-4-6-14-22(20)31-38-33-24-16-8-7-15-23(24)32-37-30-21-13-5-3-11-19(21)28(35-26)39(30)34(25,40(29)31)41(32)33;4*1-7-4-3-5-8(6-7)9-2/h1-16H;4*3-6H,1-2H3/q+3;;;;. The zero-order valence-corrected chi connectivity index (χ0v) is 44.2. The molecule has 1 spiro atoms. The highest BCUT2D eigenvalue weighted by Crippen LogP contribution is 2.53. The van der Waals surface area contributed by atoms with Gasteiger partial charge in [-0.05, 0) is 135 Å². The molecule has 0 saturated carbocycles. The van der Waals surface area contributed by atoms with Crippen molar-refractivity contribution >= 4 is 46.4 Å². The maximum atomic E-state index is 5.45. The molecule has 0 amide bonds. The van der Waals surface area contributed by atoms with Crippen molar-refractivity contribution in [3.8, 4) is 23.0 Å². The molecule has 0 aromatic heterocycles. The summed E-state index contributed by atoms with van der Waals surface area (Å²) in [7, 11) is 6.70. The molecule has 0 fully saturated rings. The second-order valence-corrected chi connectivity index (χ2v) is 19.4. The molecule has 1 atom stereocenters. The highest BCUT2D eigenvalue weighted by Gasteiger charge is 2.75. The van der Waals surface area contributed by atoms with E-state index in [4.69, 9.17) is 38.9 Å². The van der Waals surface area contributed by atoms with Crippen LogP contribution in [0.4, 0.5) is 0 Å². The summed E-state index contributed by atoms with van der Waals surface area (Å²) in [5, 5.41) is 0. The number of methoxy groups -OCH3 is 4. The third-order valence-electron chi connectivity index (χ3n) is 14.4. The van der Waals surface area contributed by atoms with Crippen molar-refractivity contribution < 1.29 is 32.7 Å². The Morgan fingerprint density at radius 2 is 0.610 bits per heavy atom. The summed E-state index contributed by atoms with van der Waals surface area (Å²) in [6.45, 7) is 8.18. The molecule has 8 aromatic carbocycles. The molecule has 77 heavy (non-hydrogen) atoms. The van der Waals surface area contributed by atoms with Gasteiger partial charge in [-0.1, -0.05) is 119 Å². The van der Waals surface area contributed by atoms with Crippen LogP contribution in [0.15, 0.2) is 220 Å². The van der Waals surface area contributed by atoms with Crippen LogP contribution in [0.3, 0.4) is 0 Å². The minimum atomic E-state index is -0.840. The topological polar surface area (TPSA) is 95.4 Å². The van der Waals surface area contributed by atoms with Gasteiger partial charge < -0.3 is 18.9 Å². The van der Waals surface area contributed by atoms with Crippen LogP contribution in [-0.4, -0.2) is 88.7 Å². The Balaban J connectivity index is 0.000000134. The van der Waals surface area contributed by atoms with E-state index in [1.54, 1.807) is 28.4 Å². The third kappa shape index (κ3) is 7.92. The Bertz CT molecular complexity index is 3520. The van der Waals surface area contributed by atoms with E-state index in [1.807, 2.05) is 125 Å². The number of fused-ring (bicyclic) bond motifs is 12. The number of aliphatic imine (C=N–C) groups is 4. The SMILES string of the molecule is COc1cccc(C)c1.COc1cccc(C)c1.COc1cccc(C)c1.COc1cccc(C)c1.c1ccc2c(c1)C1=NC3=[N+]4C(=NC5=[N+]6C(=NC7=[N+]8C(=NC2=C1C486)c1ccccc17)c1ccccc15)c1ccccc13. The van der Waals surface area contributed by atoms with Gasteiger partial charge in [0.05, 0.1) is 61.8 Å². The van der Waals surface area contributed by atoms with Gasteiger partial charge in [0.15, 0.2) is 17.0 Å². The summed E-state index contributed by atoms with van der Waals surface area (Å²) in [4.78, 5) is 21.8. The van der Waals surface area contributed by atoms with Crippen molar-refractivity contribution in [2.45, 2.75) is 33.5 Å². The molecular formula is C66H56N7O4+3.